The highest BCUT2D eigenvalue weighted by Crippen LogP contribution is 2.31. The lowest BCUT2D eigenvalue weighted by molar-refractivity contribution is 0.0901. The van der Waals surface area contributed by atoms with Crippen LogP contribution in [-0.4, -0.2) is 42.8 Å². The topological polar surface area (TPSA) is 102 Å². The molecule has 0 spiro atoms. The molecule has 1 saturated heterocycles. The number of aromatic amines is 1. The number of hydrogen-bond donors (Lipinski definition) is 1. The van der Waals surface area contributed by atoms with Crippen molar-refractivity contribution < 1.29 is 9.15 Å². The van der Waals surface area contributed by atoms with Gasteiger partial charge < -0.3 is 14.1 Å². The monoisotopic (exact) mass is 524 g/mol. The van der Waals surface area contributed by atoms with E-state index in [4.69, 9.17) is 9.15 Å². The predicted molar refractivity (Wildman–Crippen MR) is 147 cm³/mol. The highest BCUT2D eigenvalue weighted by molar-refractivity contribution is 5.83. The van der Waals surface area contributed by atoms with Crippen LogP contribution in [0, 0.1) is 13.8 Å². The summed E-state index contributed by atoms with van der Waals surface area (Å²) in [4.78, 5) is 19.2. The summed E-state index contributed by atoms with van der Waals surface area (Å²) in [6.07, 6.45) is 3.69. The van der Waals surface area contributed by atoms with E-state index < -0.39 is 6.04 Å². The minimum atomic E-state index is -0.541. The average molecular weight is 525 g/mol. The fourth-order valence-electron chi connectivity index (χ4n) is 5.58. The minimum Gasteiger partial charge on any atom is -0.468 e. The molecule has 9 nitrogen and oxygen atoms in total. The van der Waals surface area contributed by atoms with Crippen molar-refractivity contribution in [1.82, 2.24) is 30.1 Å². The molecule has 0 aliphatic carbocycles. The van der Waals surface area contributed by atoms with E-state index in [9.17, 15) is 4.79 Å². The van der Waals surface area contributed by atoms with Gasteiger partial charge >= 0.3 is 0 Å². The molecule has 9 heteroatoms. The van der Waals surface area contributed by atoms with Gasteiger partial charge in [0.25, 0.3) is 5.56 Å². The molecule has 39 heavy (non-hydrogen) atoms. The molecular formula is C30H32N6O3. The van der Waals surface area contributed by atoms with Crippen molar-refractivity contribution in [2.75, 3.05) is 6.61 Å². The summed E-state index contributed by atoms with van der Waals surface area (Å²) >= 11 is 0. The maximum atomic E-state index is 13.8. The predicted octanol–water partition coefficient (Wildman–Crippen LogP) is 4.70. The van der Waals surface area contributed by atoms with Crippen LogP contribution in [0.1, 0.15) is 52.7 Å². The van der Waals surface area contributed by atoms with E-state index in [0.29, 0.717) is 31.0 Å². The first-order valence-electron chi connectivity index (χ1n) is 13.4. The fraction of sp³-hybridized carbons (Fsp3) is 0.333. The number of nitrogens with zero attached hydrogens (tertiary/aromatic N) is 5. The second-order valence-corrected chi connectivity index (χ2v) is 10.3. The number of aryl methyl sites for hydroxylation is 2. The van der Waals surface area contributed by atoms with Gasteiger partial charge in [-0.2, -0.15) is 0 Å². The van der Waals surface area contributed by atoms with Gasteiger partial charge in [0.2, 0.25) is 0 Å². The van der Waals surface area contributed by atoms with Crippen LogP contribution in [0.25, 0.3) is 10.9 Å². The van der Waals surface area contributed by atoms with Gasteiger partial charge in [-0.3, -0.25) is 9.69 Å². The number of rotatable bonds is 9. The molecule has 0 radical (unpaired) electrons. The van der Waals surface area contributed by atoms with Gasteiger partial charge in [-0.05, 0) is 77.9 Å². The third kappa shape index (κ3) is 5.41. The first kappa shape index (κ1) is 25.2. The maximum absolute atomic E-state index is 13.8. The third-order valence-corrected chi connectivity index (χ3v) is 7.35. The zero-order chi connectivity index (χ0) is 26.8. The minimum absolute atomic E-state index is 0.0423. The zero-order valence-electron chi connectivity index (χ0n) is 22.2. The molecule has 0 unspecified atom stereocenters. The number of furan rings is 1. The van der Waals surface area contributed by atoms with Crippen molar-refractivity contribution in [2.24, 2.45) is 0 Å². The highest BCUT2D eigenvalue weighted by atomic mass is 16.5. The lowest BCUT2D eigenvalue weighted by atomic mass is 10.00. The Labute approximate surface area is 226 Å². The summed E-state index contributed by atoms with van der Waals surface area (Å²) in [5.41, 5.74) is 4.53. The third-order valence-electron chi connectivity index (χ3n) is 7.35. The summed E-state index contributed by atoms with van der Waals surface area (Å²) < 4.78 is 13.5. The Balaban J connectivity index is 1.52. The van der Waals surface area contributed by atoms with E-state index in [-0.39, 0.29) is 11.7 Å². The number of pyridine rings is 1. The normalized spacial score (nSPS) is 16.3. The fourth-order valence-corrected chi connectivity index (χ4v) is 5.58. The van der Waals surface area contributed by atoms with Gasteiger partial charge in [-0.1, -0.05) is 42.0 Å². The number of ether oxygens (including phenoxy) is 1. The molecule has 1 fully saturated rings. The summed E-state index contributed by atoms with van der Waals surface area (Å²) in [6.45, 7) is 6.38. The Morgan fingerprint density at radius 2 is 1.97 bits per heavy atom. The molecule has 0 bridgehead atoms. The van der Waals surface area contributed by atoms with Crippen molar-refractivity contribution in [3.63, 3.8) is 0 Å². The number of hydrogen-bond acceptors (Lipinski definition) is 7. The molecular weight excluding hydrogens is 492 g/mol. The van der Waals surface area contributed by atoms with E-state index >= 15 is 0 Å². The summed E-state index contributed by atoms with van der Waals surface area (Å²) in [7, 11) is 0. The van der Waals surface area contributed by atoms with Gasteiger partial charge in [0, 0.05) is 18.7 Å². The summed E-state index contributed by atoms with van der Waals surface area (Å²) in [5, 5.41) is 13.9. The number of aromatic nitrogens is 5. The standard InChI is InChI=1S/C30H32N6O3/c1-20-14-21(2)27-23(15-20)16-26(30(37)31-27)28(29-32-33-34-36(29)19-25-11-7-13-39-25)35(18-24-10-6-12-38-24)17-22-8-4-3-5-9-22/h3-6,8-10,12,14-16,25,28H,7,11,13,17-19H2,1-2H3,(H,31,37)/t25-,28-/m1/s1. The van der Waals surface area contributed by atoms with Crippen LogP contribution in [0.3, 0.4) is 0 Å². The molecule has 1 aliphatic rings. The van der Waals surface area contributed by atoms with E-state index in [1.807, 2.05) is 43.3 Å². The van der Waals surface area contributed by atoms with Crippen LogP contribution in [0.4, 0.5) is 0 Å². The Hall–Kier alpha value is -4.08. The van der Waals surface area contributed by atoms with Crippen LogP contribution in [-0.2, 0) is 24.4 Å². The lowest BCUT2D eigenvalue weighted by Gasteiger charge is -2.30. The number of fused-ring (bicyclic) bond motifs is 1. The van der Waals surface area contributed by atoms with Crippen LogP contribution >= 0.6 is 0 Å². The molecule has 2 aromatic carbocycles. The van der Waals surface area contributed by atoms with Crippen molar-refractivity contribution in [3.05, 3.63) is 111 Å². The smallest absolute Gasteiger partial charge is 0.253 e. The van der Waals surface area contributed by atoms with Crippen molar-refractivity contribution in [3.8, 4) is 0 Å². The molecule has 0 amide bonds. The Kier molecular flexibility index (Phi) is 7.08. The molecule has 5 aromatic rings. The Bertz CT molecular complexity index is 1600. The van der Waals surface area contributed by atoms with E-state index in [1.165, 1.54) is 0 Å². The maximum Gasteiger partial charge on any atom is 0.253 e. The van der Waals surface area contributed by atoms with E-state index in [2.05, 4.69) is 56.6 Å². The molecule has 3 aromatic heterocycles. The van der Waals surface area contributed by atoms with Crippen LogP contribution in [0.2, 0.25) is 0 Å². The van der Waals surface area contributed by atoms with Gasteiger partial charge in [-0.15, -0.1) is 5.10 Å². The number of benzene rings is 2. The lowest BCUT2D eigenvalue weighted by Crippen LogP contribution is -2.35. The number of tetrazole rings is 1. The van der Waals surface area contributed by atoms with Crippen LogP contribution in [0.15, 0.2) is 76.1 Å². The first-order valence-corrected chi connectivity index (χ1v) is 13.4. The van der Waals surface area contributed by atoms with Crippen molar-refractivity contribution in [2.45, 2.75) is 58.5 Å². The van der Waals surface area contributed by atoms with Gasteiger partial charge in [0.05, 0.1) is 31.0 Å². The summed E-state index contributed by atoms with van der Waals surface area (Å²) in [6, 6.07) is 19.7. The van der Waals surface area contributed by atoms with Crippen molar-refractivity contribution >= 4 is 10.9 Å². The number of nitrogens with one attached hydrogen (secondary N) is 1. The van der Waals surface area contributed by atoms with Crippen molar-refractivity contribution in [1.29, 1.82) is 0 Å². The van der Waals surface area contributed by atoms with Crippen LogP contribution in [0.5, 0.6) is 0 Å². The second-order valence-electron chi connectivity index (χ2n) is 10.3. The van der Waals surface area contributed by atoms with E-state index in [1.54, 1.807) is 10.9 Å². The molecule has 1 N–H and O–H groups in total. The van der Waals surface area contributed by atoms with Crippen LogP contribution < -0.4 is 5.56 Å². The van der Waals surface area contributed by atoms with Gasteiger partial charge in [-0.25, -0.2) is 4.68 Å². The molecule has 2 atom stereocenters. The SMILES string of the molecule is Cc1cc(C)c2[nH]c(=O)c([C@H](c3nnnn3C[C@H]3CCCO3)N(Cc3ccccc3)Cc3ccco3)cc2c1. The molecule has 1 aliphatic heterocycles. The van der Waals surface area contributed by atoms with Gasteiger partial charge in [0.15, 0.2) is 5.82 Å². The molecule has 6 rings (SSSR count). The zero-order valence-corrected chi connectivity index (χ0v) is 22.2. The second kappa shape index (κ2) is 11.0. The largest absolute Gasteiger partial charge is 0.468 e. The molecule has 0 saturated carbocycles. The molecule has 4 heterocycles. The Morgan fingerprint density at radius 3 is 2.74 bits per heavy atom. The first-order chi connectivity index (χ1) is 19.0. The van der Waals surface area contributed by atoms with E-state index in [0.717, 1.165) is 52.8 Å². The highest BCUT2D eigenvalue weighted by Gasteiger charge is 2.32. The van der Waals surface area contributed by atoms with Gasteiger partial charge in [0.1, 0.15) is 11.8 Å². The Morgan fingerprint density at radius 1 is 1.10 bits per heavy atom. The quantitative estimate of drug-likeness (QED) is 0.298. The summed E-state index contributed by atoms with van der Waals surface area (Å²) in [5.74, 6) is 1.39. The average Bonchev–Trinajstić information content (AvgIpc) is 3.71. The number of H-pyrrole nitrogens is 1. The molecule has 200 valence electrons.